The van der Waals surface area contributed by atoms with Gasteiger partial charge in [0.05, 0.1) is 36.0 Å². The van der Waals surface area contributed by atoms with Crippen LogP contribution in [0, 0.1) is 5.92 Å². The first kappa shape index (κ1) is 23.4. The number of fused-ring (bicyclic) bond motifs is 3. The van der Waals surface area contributed by atoms with E-state index in [4.69, 9.17) is 9.47 Å². The van der Waals surface area contributed by atoms with Gasteiger partial charge in [0, 0.05) is 31.2 Å². The molecule has 8 heteroatoms. The highest BCUT2D eigenvalue weighted by Crippen LogP contribution is 2.40. The predicted molar refractivity (Wildman–Crippen MR) is 132 cm³/mol. The Morgan fingerprint density at radius 1 is 1.06 bits per heavy atom. The average molecular weight is 501 g/mol. The number of piperidine rings is 3. The molecular formula is C26H30NO5S2+. The molecule has 3 aliphatic heterocycles. The van der Waals surface area contributed by atoms with Crippen molar-refractivity contribution in [3.8, 4) is 11.5 Å². The molecule has 1 unspecified atom stereocenters. The lowest BCUT2D eigenvalue weighted by Gasteiger charge is -2.52. The van der Waals surface area contributed by atoms with Crippen molar-refractivity contribution in [3.05, 3.63) is 69.0 Å². The molecule has 1 atom stereocenters. The number of carbonyl (C=O) groups excluding carboxylic acids is 1. The van der Waals surface area contributed by atoms with Crippen molar-refractivity contribution in [2.45, 2.75) is 31.0 Å². The zero-order valence-electron chi connectivity index (χ0n) is 19.0. The highest BCUT2D eigenvalue weighted by molar-refractivity contribution is 7.12. The smallest absolute Gasteiger partial charge is 0.349 e. The van der Waals surface area contributed by atoms with E-state index in [0.29, 0.717) is 28.0 Å². The summed E-state index contributed by atoms with van der Waals surface area (Å²) in [5, 5.41) is 24.9. The first-order valence-corrected chi connectivity index (χ1v) is 13.5. The van der Waals surface area contributed by atoms with Gasteiger partial charge in [-0.2, -0.15) is 0 Å². The number of hydrogen-bond acceptors (Lipinski definition) is 7. The average Bonchev–Trinajstić information content (AvgIpc) is 3.57. The van der Waals surface area contributed by atoms with Gasteiger partial charge in [-0.05, 0) is 35.0 Å². The van der Waals surface area contributed by atoms with Crippen LogP contribution in [0.4, 0.5) is 0 Å². The quantitative estimate of drug-likeness (QED) is 0.259. The van der Waals surface area contributed by atoms with Gasteiger partial charge in [0.1, 0.15) is 18.0 Å². The maximum Gasteiger partial charge on any atom is 0.349 e. The Balaban J connectivity index is 1.23. The van der Waals surface area contributed by atoms with Crippen LogP contribution >= 0.6 is 22.7 Å². The number of ether oxygens (including phenoxy) is 2. The second-order valence-electron chi connectivity index (χ2n) is 9.34. The molecular weight excluding hydrogens is 470 g/mol. The Hall–Kier alpha value is -2.39. The number of nitrogens with zero attached hydrogens (tertiary/aromatic N) is 1. The van der Waals surface area contributed by atoms with Crippen LogP contribution in [-0.4, -0.2) is 59.6 Å². The van der Waals surface area contributed by atoms with E-state index in [-0.39, 0.29) is 11.9 Å². The van der Waals surface area contributed by atoms with Gasteiger partial charge in [-0.15, -0.1) is 22.7 Å². The van der Waals surface area contributed by atoms with Gasteiger partial charge in [0.2, 0.25) is 5.60 Å². The SMILES string of the molecule is O=C(OC1C[N+]2(CCCOc3cccc(O)c3)CCC1CC2)C(O)(c1cccs1)c1cccs1. The first-order valence-electron chi connectivity index (χ1n) is 11.8. The highest BCUT2D eigenvalue weighted by Gasteiger charge is 2.51. The standard InChI is InChI=1S/C26H29NO5S2/c28-20-5-1-6-21(17-20)31-14-4-11-27-12-9-19(10-13-27)22(18-27)32-25(29)26(30,23-7-2-15-33-23)24-8-3-16-34-24/h1-3,5-8,15-17,19,22,30H,4,9-14,18H2/p+1. The summed E-state index contributed by atoms with van der Waals surface area (Å²) in [6.07, 6.45) is 2.76. The Morgan fingerprint density at radius 3 is 2.38 bits per heavy atom. The second kappa shape index (κ2) is 9.70. The van der Waals surface area contributed by atoms with E-state index < -0.39 is 11.6 Å². The lowest BCUT2D eigenvalue weighted by Crippen LogP contribution is -2.65. The highest BCUT2D eigenvalue weighted by atomic mass is 32.1. The summed E-state index contributed by atoms with van der Waals surface area (Å²) in [7, 11) is 0. The molecule has 0 radical (unpaired) electrons. The number of phenols is 1. The molecule has 0 saturated carbocycles. The minimum absolute atomic E-state index is 0.187. The van der Waals surface area contributed by atoms with Gasteiger partial charge < -0.3 is 24.2 Å². The van der Waals surface area contributed by atoms with Crippen molar-refractivity contribution >= 4 is 28.6 Å². The molecule has 3 aromatic rings. The maximum absolute atomic E-state index is 13.4. The molecule has 3 fully saturated rings. The van der Waals surface area contributed by atoms with Crippen LogP contribution in [-0.2, 0) is 15.1 Å². The minimum Gasteiger partial charge on any atom is -0.508 e. The summed E-state index contributed by atoms with van der Waals surface area (Å²) < 4.78 is 12.8. The van der Waals surface area contributed by atoms with Crippen molar-refractivity contribution in [2.75, 3.05) is 32.8 Å². The third-order valence-electron chi connectivity index (χ3n) is 7.21. The number of rotatable bonds is 9. The lowest BCUT2D eigenvalue weighted by atomic mass is 9.83. The summed E-state index contributed by atoms with van der Waals surface area (Å²) in [6, 6.07) is 14.1. The fraction of sp³-hybridized carbons (Fsp3) is 0.423. The molecule has 34 heavy (non-hydrogen) atoms. The molecule has 0 aliphatic carbocycles. The fourth-order valence-electron chi connectivity index (χ4n) is 5.35. The monoisotopic (exact) mass is 500 g/mol. The number of thiophene rings is 2. The van der Waals surface area contributed by atoms with E-state index in [0.717, 1.165) is 49.9 Å². The van der Waals surface area contributed by atoms with Crippen LogP contribution in [0.25, 0.3) is 0 Å². The van der Waals surface area contributed by atoms with Gasteiger partial charge in [0.15, 0.2) is 6.10 Å². The number of phenolic OH excluding ortho intramolecular Hbond substituents is 1. The number of hydrogen-bond donors (Lipinski definition) is 2. The van der Waals surface area contributed by atoms with Crippen LogP contribution < -0.4 is 4.74 Å². The summed E-state index contributed by atoms with van der Waals surface area (Å²) in [6.45, 7) is 4.50. The van der Waals surface area contributed by atoms with Crippen LogP contribution in [0.2, 0.25) is 0 Å². The van der Waals surface area contributed by atoms with Crippen molar-refractivity contribution in [3.63, 3.8) is 0 Å². The number of benzene rings is 1. The van der Waals surface area contributed by atoms with Gasteiger partial charge in [-0.25, -0.2) is 4.79 Å². The molecule has 3 aliphatic rings. The zero-order chi connectivity index (χ0) is 23.6. The summed E-state index contributed by atoms with van der Waals surface area (Å²) in [5.41, 5.74) is -1.76. The van der Waals surface area contributed by atoms with Gasteiger partial charge in [-0.1, -0.05) is 18.2 Å². The summed E-state index contributed by atoms with van der Waals surface area (Å²) >= 11 is 2.74. The maximum atomic E-state index is 13.4. The van der Waals surface area contributed by atoms with E-state index in [2.05, 4.69) is 0 Å². The molecule has 2 aromatic heterocycles. The van der Waals surface area contributed by atoms with Gasteiger partial charge in [-0.3, -0.25) is 0 Å². The molecule has 5 heterocycles. The second-order valence-corrected chi connectivity index (χ2v) is 11.2. The van der Waals surface area contributed by atoms with Gasteiger partial charge >= 0.3 is 5.97 Å². The number of carbonyl (C=O) groups is 1. The van der Waals surface area contributed by atoms with Crippen LogP contribution in [0.3, 0.4) is 0 Å². The van der Waals surface area contributed by atoms with E-state index >= 15 is 0 Å². The molecule has 2 N–H and O–H groups in total. The third kappa shape index (κ3) is 4.60. The number of esters is 1. The van der Waals surface area contributed by atoms with Gasteiger partial charge in [0.25, 0.3) is 0 Å². The fourth-order valence-corrected chi connectivity index (χ4v) is 7.06. The molecule has 3 saturated heterocycles. The lowest BCUT2D eigenvalue weighted by molar-refractivity contribution is -0.946. The molecule has 0 spiro atoms. The Bertz CT molecular complexity index is 1060. The number of aliphatic hydroxyl groups is 1. The Morgan fingerprint density at radius 2 is 1.76 bits per heavy atom. The Kier molecular flexibility index (Phi) is 6.66. The van der Waals surface area contributed by atoms with E-state index in [1.54, 1.807) is 30.3 Å². The topological polar surface area (TPSA) is 76.0 Å². The first-order chi connectivity index (χ1) is 16.5. The molecule has 6 rings (SSSR count). The Labute approximate surface area is 207 Å². The summed E-state index contributed by atoms with van der Waals surface area (Å²) in [4.78, 5) is 14.6. The zero-order valence-corrected chi connectivity index (χ0v) is 20.6. The van der Waals surface area contributed by atoms with E-state index in [9.17, 15) is 15.0 Å². The van der Waals surface area contributed by atoms with Crippen molar-refractivity contribution in [1.29, 1.82) is 0 Å². The van der Waals surface area contributed by atoms with Crippen molar-refractivity contribution in [1.82, 2.24) is 0 Å². The number of quaternary nitrogens is 1. The van der Waals surface area contributed by atoms with Crippen LogP contribution in [0.15, 0.2) is 59.3 Å². The largest absolute Gasteiger partial charge is 0.508 e. The molecule has 180 valence electrons. The molecule has 2 bridgehead atoms. The predicted octanol–water partition coefficient (Wildman–Crippen LogP) is 4.37. The van der Waals surface area contributed by atoms with E-state index in [1.165, 1.54) is 22.7 Å². The van der Waals surface area contributed by atoms with Crippen LogP contribution in [0.5, 0.6) is 11.5 Å². The van der Waals surface area contributed by atoms with E-state index in [1.807, 2.05) is 29.0 Å². The van der Waals surface area contributed by atoms with Crippen LogP contribution in [0.1, 0.15) is 29.0 Å². The minimum atomic E-state index is -1.76. The summed E-state index contributed by atoms with van der Waals surface area (Å²) in [5.74, 6) is 0.655. The molecule has 6 nitrogen and oxygen atoms in total. The molecule has 0 amide bonds. The molecule has 1 aromatic carbocycles. The number of aromatic hydroxyl groups is 1. The normalized spacial score (nSPS) is 24.1. The van der Waals surface area contributed by atoms with Crippen molar-refractivity contribution < 1.29 is 29.0 Å². The van der Waals surface area contributed by atoms with Crippen molar-refractivity contribution in [2.24, 2.45) is 5.92 Å². The third-order valence-corrected chi connectivity index (χ3v) is 9.17.